The molecule has 1 aromatic rings. The lowest BCUT2D eigenvalue weighted by atomic mass is 10.1. The summed E-state index contributed by atoms with van der Waals surface area (Å²) in [6.07, 6.45) is 6.90. The molecule has 0 saturated heterocycles. The normalized spacial score (nSPS) is 21.9. The summed E-state index contributed by atoms with van der Waals surface area (Å²) in [5.74, 6) is 0.885. The van der Waals surface area contributed by atoms with Gasteiger partial charge in [0.1, 0.15) is 11.4 Å². The Kier molecular flexibility index (Phi) is 7.75. The van der Waals surface area contributed by atoms with Crippen LogP contribution in [0.2, 0.25) is 16.6 Å². The smallest absolute Gasteiger partial charge is 0.201 e. The summed E-state index contributed by atoms with van der Waals surface area (Å²) in [5, 5.41) is 0. The Morgan fingerprint density at radius 3 is 1.89 bits per heavy atom. The molecule has 158 valence electrons. The Morgan fingerprint density at radius 2 is 1.50 bits per heavy atom. The van der Waals surface area contributed by atoms with Crippen molar-refractivity contribution in [2.24, 2.45) is 0 Å². The second-order valence-electron chi connectivity index (χ2n) is 8.98. The summed E-state index contributed by atoms with van der Waals surface area (Å²) >= 11 is 13.2. The molecule has 1 fully saturated rings. The van der Waals surface area contributed by atoms with E-state index in [1.807, 2.05) is 12.1 Å². The summed E-state index contributed by atoms with van der Waals surface area (Å²) in [5.41, 5.74) is 2.25. The Labute approximate surface area is 182 Å². The van der Waals surface area contributed by atoms with Crippen molar-refractivity contribution in [1.29, 1.82) is 0 Å². The first-order valence-corrected chi connectivity index (χ1v) is 13.3. The number of hydrogen-bond acceptors (Lipinski definition) is 2. The van der Waals surface area contributed by atoms with Gasteiger partial charge in [0.25, 0.3) is 0 Å². The number of ether oxygens (including phenoxy) is 1. The predicted octanol–water partition coefficient (Wildman–Crippen LogP) is 7.69. The second kappa shape index (κ2) is 9.12. The van der Waals surface area contributed by atoms with E-state index >= 15 is 0 Å². The maximum absolute atomic E-state index is 6.99. The average Bonchev–Trinajstić information content (AvgIpc) is 3.16. The van der Waals surface area contributed by atoms with Crippen LogP contribution < -0.4 is 4.74 Å². The molecule has 0 heterocycles. The zero-order valence-corrected chi connectivity index (χ0v) is 20.9. The van der Waals surface area contributed by atoms with Gasteiger partial charge in [0.05, 0.1) is 7.11 Å². The van der Waals surface area contributed by atoms with E-state index in [0.717, 1.165) is 18.6 Å². The van der Waals surface area contributed by atoms with Crippen molar-refractivity contribution in [3.05, 3.63) is 42.0 Å². The van der Waals surface area contributed by atoms with Crippen LogP contribution in [0.25, 0.3) is 0 Å². The Morgan fingerprint density at radius 1 is 1.00 bits per heavy atom. The van der Waals surface area contributed by atoms with Gasteiger partial charge in [-0.2, -0.15) is 0 Å². The maximum atomic E-state index is 6.99. The van der Waals surface area contributed by atoms with Crippen LogP contribution in [0.3, 0.4) is 0 Å². The highest BCUT2D eigenvalue weighted by Gasteiger charge is 2.69. The summed E-state index contributed by atoms with van der Waals surface area (Å²) in [6.45, 7) is 13.7. The summed E-state index contributed by atoms with van der Waals surface area (Å²) < 4.78 is 11.4. The molecule has 1 aromatic carbocycles. The first-order chi connectivity index (χ1) is 13.0. The van der Waals surface area contributed by atoms with Gasteiger partial charge in [0.15, 0.2) is 4.33 Å². The largest absolute Gasteiger partial charge is 0.497 e. The molecule has 2 rings (SSSR count). The maximum Gasteiger partial charge on any atom is 0.201 e. The van der Waals surface area contributed by atoms with Gasteiger partial charge in [-0.25, -0.2) is 0 Å². The van der Waals surface area contributed by atoms with Crippen LogP contribution in [0.1, 0.15) is 59.9 Å². The van der Waals surface area contributed by atoms with E-state index in [9.17, 15) is 0 Å². The topological polar surface area (TPSA) is 18.5 Å². The average molecular weight is 444 g/mol. The van der Waals surface area contributed by atoms with Crippen molar-refractivity contribution >= 4 is 31.5 Å². The Balaban J connectivity index is 2.12. The van der Waals surface area contributed by atoms with Crippen LogP contribution in [0, 0.1) is 0 Å². The number of benzene rings is 1. The molecule has 2 nitrogen and oxygen atoms in total. The third-order valence-corrected chi connectivity index (χ3v) is 13.2. The molecule has 1 atom stereocenters. The Hall–Kier alpha value is -0.483. The fourth-order valence-electron chi connectivity index (χ4n) is 4.60. The van der Waals surface area contributed by atoms with Crippen molar-refractivity contribution in [2.75, 3.05) is 7.11 Å². The van der Waals surface area contributed by atoms with E-state index < -0.39 is 18.3 Å². The second-order valence-corrected chi connectivity index (χ2v) is 15.8. The fraction of sp³-hybridized carbons (Fsp3) is 0.652. The van der Waals surface area contributed by atoms with Gasteiger partial charge in [-0.1, -0.05) is 89.0 Å². The minimum Gasteiger partial charge on any atom is -0.497 e. The van der Waals surface area contributed by atoms with Gasteiger partial charge in [-0.15, -0.1) is 0 Å². The molecule has 0 N–H and O–H groups in total. The highest BCUT2D eigenvalue weighted by molar-refractivity contribution is 6.78. The van der Waals surface area contributed by atoms with E-state index in [0.29, 0.717) is 23.0 Å². The molecule has 28 heavy (non-hydrogen) atoms. The first-order valence-electron chi connectivity index (χ1n) is 10.4. The van der Waals surface area contributed by atoms with Crippen molar-refractivity contribution < 1.29 is 9.16 Å². The van der Waals surface area contributed by atoms with E-state index in [1.165, 1.54) is 5.56 Å². The minimum atomic E-state index is -2.06. The highest BCUT2D eigenvalue weighted by atomic mass is 35.5. The summed E-state index contributed by atoms with van der Waals surface area (Å²) in [6, 6.07) is 8.22. The minimum absolute atomic E-state index is 0.502. The molecule has 0 radical (unpaired) electrons. The lowest BCUT2D eigenvalue weighted by Crippen LogP contribution is -2.51. The number of halogens is 2. The van der Waals surface area contributed by atoms with Crippen molar-refractivity contribution in [1.82, 2.24) is 0 Å². The third-order valence-electron chi connectivity index (χ3n) is 6.19. The molecular formula is C23H36Cl2O2Si. The Bertz CT molecular complexity index is 646. The van der Waals surface area contributed by atoms with Crippen LogP contribution in [-0.2, 0) is 10.8 Å². The van der Waals surface area contributed by atoms with E-state index in [2.05, 4.69) is 65.8 Å². The van der Waals surface area contributed by atoms with Crippen LogP contribution in [0.5, 0.6) is 5.75 Å². The molecule has 1 saturated carbocycles. The number of methoxy groups -OCH3 is 1. The number of rotatable bonds is 10. The molecule has 1 aliphatic carbocycles. The van der Waals surface area contributed by atoms with Gasteiger partial charge in [-0.3, -0.25) is 0 Å². The number of allylic oxidation sites excluding steroid dienone is 1. The predicted molar refractivity (Wildman–Crippen MR) is 124 cm³/mol. The molecule has 0 aromatic heterocycles. The molecular weight excluding hydrogens is 407 g/mol. The van der Waals surface area contributed by atoms with E-state index in [-0.39, 0.29) is 0 Å². The number of alkyl halides is 2. The molecule has 1 aliphatic rings. The standard InChI is InChI=1S/C23H36Cl2O2Si/c1-17(2)28(18(3)4,19(5)6)27-22(16-23(22,24)25)15-9-8-10-20-11-13-21(26-7)14-12-20/h9,11-15,17-19H,8,10,16H2,1-7H3/b15-9+. The van der Waals surface area contributed by atoms with Crippen LogP contribution in [0.4, 0.5) is 0 Å². The zero-order valence-electron chi connectivity index (χ0n) is 18.4. The SMILES string of the molecule is COc1ccc(CC/C=C/C2(O[Si](C(C)C)(C(C)C)C(C)C)CC2(Cl)Cl)cc1. The van der Waals surface area contributed by atoms with Gasteiger partial charge in [-0.05, 0) is 47.2 Å². The van der Waals surface area contributed by atoms with Crippen molar-refractivity contribution in [3.8, 4) is 5.75 Å². The first kappa shape index (κ1) is 23.8. The van der Waals surface area contributed by atoms with E-state index in [1.54, 1.807) is 7.11 Å². The zero-order chi connectivity index (χ0) is 21.2. The molecule has 0 bridgehead atoms. The number of aryl methyl sites for hydroxylation is 1. The van der Waals surface area contributed by atoms with Gasteiger partial charge in [0.2, 0.25) is 8.32 Å². The molecule has 0 amide bonds. The molecule has 1 unspecified atom stereocenters. The van der Waals surface area contributed by atoms with Crippen molar-refractivity contribution in [3.63, 3.8) is 0 Å². The van der Waals surface area contributed by atoms with Crippen LogP contribution in [0.15, 0.2) is 36.4 Å². The fourth-order valence-corrected chi connectivity index (χ4v) is 11.0. The van der Waals surface area contributed by atoms with Gasteiger partial charge < -0.3 is 9.16 Å². The van der Waals surface area contributed by atoms with Crippen molar-refractivity contribution in [2.45, 2.75) is 87.4 Å². The lowest BCUT2D eigenvalue weighted by molar-refractivity contribution is 0.194. The highest BCUT2D eigenvalue weighted by Crippen LogP contribution is 2.63. The lowest BCUT2D eigenvalue weighted by Gasteiger charge is -2.44. The van der Waals surface area contributed by atoms with Crippen LogP contribution >= 0.6 is 23.2 Å². The van der Waals surface area contributed by atoms with Gasteiger partial charge >= 0.3 is 0 Å². The summed E-state index contributed by atoms with van der Waals surface area (Å²) in [7, 11) is -0.371. The quantitative estimate of drug-likeness (QED) is 0.210. The number of hydrogen-bond donors (Lipinski definition) is 0. The molecule has 0 aliphatic heterocycles. The van der Waals surface area contributed by atoms with Crippen LogP contribution in [-0.4, -0.2) is 25.4 Å². The third kappa shape index (κ3) is 4.80. The van der Waals surface area contributed by atoms with E-state index in [4.69, 9.17) is 32.4 Å². The summed E-state index contributed by atoms with van der Waals surface area (Å²) in [4.78, 5) is 0. The molecule has 5 heteroatoms. The van der Waals surface area contributed by atoms with Gasteiger partial charge in [0, 0.05) is 6.42 Å². The monoisotopic (exact) mass is 442 g/mol. The molecule has 0 spiro atoms.